The Morgan fingerprint density at radius 2 is 0.810 bits per heavy atom. The minimum absolute atomic E-state index is 0.0744. The summed E-state index contributed by atoms with van der Waals surface area (Å²) in [5, 5.41) is 44.6. The Morgan fingerprint density at radius 1 is 0.476 bits per heavy atom. The predicted molar refractivity (Wildman–Crippen MR) is 142 cm³/mol. The highest BCUT2D eigenvalue weighted by molar-refractivity contribution is 6.31. The lowest BCUT2D eigenvalue weighted by Crippen LogP contribution is -2.25. The van der Waals surface area contributed by atoms with E-state index in [1.54, 1.807) is 0 Å². The molecule has 0 saturated carbocycles. The van der Waals surface area contributed by atoms with Crippen molar-refractivity contribution in [2.45, 2.75) is 0 Å². The lowest BCUT2D eigenvalue weighted by Gasteiger charge is -2.08. The highest BCUT2D eigenvalue weighted by atomic mass is 16.6. The number of benzene rings is 4. The summed E-state index contributed by atoms with van der Waals surface area (Å²) in [7, 11) is 0. The normalized spacial score (nSPS) is 10.4. The Hall–Kier alpha value is -6.58. The van der Waals surface area contributed by atoms with Crippen LogP contribution in [0.1, 0.15) is 0 Å². The smallest absolute Gasteiger partial charge is 0.418 e. The average Bonchev–Trinajstić information content (AvgIpc) is 2.97. The third-order valence-electron chi connectivity index (χ3n) is 5.70. The third kappa shape index (κ3) is 6.18. The van der Waals surface area contributed by atoms with E-state index in [1.807, 2.05) is 0 Å². The number of non-ortho nitro benzene ring substituents is 2. The maximum absolute atomic E-state index is 12.2. The molecule has 0 heterocycles. The van der Waals surface area contributed by atoms with Gasteiger partial charge >= 0.3 is 11.9 Å². The maximum Gasteiger partial charge on any atom is 0.423 e. The molecule has 0 spiro atoms. The van der Waals surface area contributed by atoms with E-state index in [1.165, 1.54) is 60.7 Å². The standard InChI is InChI=1S/C26H14N4O12/c31-25(41-19-7-1-15(2-8-19)21-11-5-17(27(33)34)13-23(21)29(37)38)26(32)42-20-9-3-16(4-10-20)22-12-6-18(28(35)36)14-24(22)30(39)40/h1-14H. The Balaban J connectivity index is 1.44. The highest BCUT2D eigenvalue weighted by Gasteiger charge is 2.23. The van der Waals surface area contributed by atoms with Crippen molar-refractivity contribution in [2.75, 3.05) is 0 Å². The molecule has 0 amide bonds. The fourth-order valence-corrected chi connectivity index (χ4v) is 3.76. The number of nitro groups is 4. The number of rotatable bonds is 8. The van der Waals surface area contributed by atoms with Gasteiger partial charge in [-0.15, -0.1) is 0 Å². The van der Waals surface area contributed by atoms with Crippen LogP contribution in [0.5, 0.6) is 11.5 Å². The van der Waals surface area contributed by atoms with Gasteiger partial charge in [0.15, 0.2) is 0 Å². The number of hydrogen-bond acceptors (Lipinski definition) is 12. The summed E-state index contributed by atoms with van der Waals surface area (Å²) in [5.41, 5.74) is -1.22. The van der Waals surface area contributed by atoms with Crippen molar-refractivity contribution in [3.63, 3.8) is 0 Å². The van der Waals surface area contributed by atoms with Gasteiger partial charge in [-0.3, -0.25) is 40.5 Å². The molecular weight excluding hydrogens is 560 g/mol. The Kier molecular flexibility index (Phi) is 7.89. The van der Waals surface area contributed by atoms with E-state index >= 15 is 0 Å². The SMILES string of the molecule is O=C(Oc1ccc(-c2ccc([N+](=O)[O-])cc2[N+](=O)[O-])cc1)C(=O)Oc1ccc(-c2ccc([N+](=O)[O-])cc2[N+](=O)[O-])cc1. The number of esters is 2. The van der Waals surface area contributed by atoms with Crippen LogP contribution in [-0.2, 0) is 9.59 Å². The quantitative estimate of drug-likeness (QED) is 0.0873. The van der Waals surface area contributed by atoms with Crippen molar-refractivity contribution >= 4 is 34.7 Å². The van der Waals surface area contributed by atoms with Gasteiger partial charge in [0.1, 0.15) is 11.5 Å². The van der Waals surface area contributed by atoms with Crippen LogP contribution >= 0.6 is 0 Å². The van der Waals surface area contributed by atoms with Crippen LogP contribution in [0.4, 0.5) is 22.7 Å². The molecule has 0 N–H and O–H groups in total. The van der Waals surface area contributed by atoms with Gasteiger partial charge in [0.25, 0.3) is 22.7 Å². The molecule has 4 aromatic carbocycles. The Bertz CT molecular complexity index is 1640. The zero-order chi connectivity index (χ0) is 30.6. The molecule has 0 atom stereocenters. The van der Waals surface area contributed by atoms with Gasteiger partial charge in [-0.1, -0.05) is 24.3 Å². The number of carbonyl (C=O) groups is 2. The first-order chi connectivity index (χ1) is 19.9. The van der Waals surface area contributed by atoms with Crippen LogP contribution in [0.15, 0.2) is 84.9 Å². The van der Waals surface area contributed by atoms with Gasteiger partial charge in [0.05, 0.1) is 43.0 Å². The molecule has 0 unspecified atom stereocenters. The van der Waals surface area contributed by atoms with Crippen molar-refractivity contribution in [1.29, 1.82) is 0 Å². The van der Waals surface area contributed by atoms with Gasteiger partial charge in [0.2, 0.25) is 0 Å². The summed E-state index contributed by atoms with van der Waals surface area (Å²) in [6, 6.07) is 16.6. The lowest BCUT2D eigenvalue weighted by atomic mass is 10.0. The van der Waals surface area contributed by atoms with Gasteiger partial charge in [-0.25, -0.2) is 9.59 Å². The number of hydrogen-bond donors (Lipinski definition) is 0. The van der Waals surface area contributed by atoms with Crippen LogP contribution in [-0.4, -0.2) is 31.6 Å². The topological polar surface area (TPSA) is 225 Å². The molecule has 16 heteroatoms. The molecule has 0 fully saturated rings. The molecule has 0 aliphatic rings. The van der Waals surface area contributed by atoms with Gasteiger partial charge in [-0.2, -0.15) is 0 Å². The van der Waals surface area contributed by atoms with Crippen molar-refractivity contribution in [3.05, 3.63) is 125 Å². The largest absolute Gasteiger partial charge is 0.423 e. The molecule has 0 saturated heterocycles. The predicted octanol–water partition coefficient (Wildman–Crippen LogP) is 5.16. The molecule has 0 aliphatic carbocycles. The van der Waals surface area contributed by atoms with E-state index in [-0.39, 0.29) is 33.8 Å². The fourth-order valence-electron chi connectivity index (χ4n) is 3.76. The first kappa shape index (κ1) is 28.4. The summed E-state index contributed by atoms with van der Waals surface area (Å²) in [5.74, 6) is -3.02. The zero-order valence-corrected chi connectivity index (χ0v) is 20.8. The summed E-state index contributed by atoms with van der Waals surface area (Å²) >= 11 is 0. The monoisotopic (exact) mass is 574 g/mol. The van der Waals surface area contributed by atoms with E-state index in [4.69, 9.17) is 9.47 Å². The van der Waals surface area contributed by atoms with E-state index in [9.17, 15) is 50.0 Å². The summed E-state index contributed by atoms with van der Waals surface area (Å²) in [6.45, 7) is 0. The van der Waals surface area contributed by atoms with Crippen molar-refractivity contribution in [2.24, 2.45) is 0 Å². The molecule has 0 bridgehead atoms. The van der Waals surface area contributed by atoms with Crippen molar-refractivity contribution < 1.29 is 38.8 Å². The molecular formula is C26H14N4O12. The Morgan fingerprint density at radius 3 is 1.10 bits per heavy atom. The molecule has 210 valence electrons. The fraction of sp³-hybridized carbons (Fsp3) is 0. The number of ether oxygens (including phenoxy) is 2. The number of nitro benzene ring substituents is 4. The van der Waals surface area contributed by atoms with Crippen LogP contribution in [0.25, 0.3) is 22.3 Å². The van der Waals surface area contributed by atoms with Crippen LogP contribution < -0.4 is 9.47 Å². The summed E-state index contributed by atoms with van der Waals surface area (Å²) in [4.78, 5) is 66.0. The van der Waals surface area contributed by atoms with Crippen LogP contribution in [0.2, 0.25) is 0 Å². The minimum Gasteiger partial charge on any atom is -0.418 e. The first-order valence-corrected chi connectivity index (χ1v) is 11.4. The lowest BCUT2D eigenvalue weighted by molar-refractivity contribution is -0.394. The minimum atomic E-state index is -1.40. The molecule has 4 rings (SSSR count). The van der Waals surface area contributed by atoms with Crippen molar-refractivity contribution in [1.82, 2.24) is 0 Å². The molecule has 4 aromatic rings. The average molecular weight is 574 g/mol. The van der Waals surface area contributed by atoms with E-state index in [0.29, 0.717) is 0 Å². The maximum atomic E-state index is 12.2. The van der Waals surface area contributed by atoms with Crippen LogP contribution in [0.3, 0.4) is 0 Å². The molecule has 16 nitrogen and oxygen atoms in total. The van der Waals surface area contributed by atoms with Gasteiger partial charge in [-0.05, 0) is 47.5 Å². The number of carbonyl (C=O) groups excluding carboxylic acids is 2. The molecule has 0 radical (unpaired) electrons. The highest BCUT2D eigenvalue weighted by Crippen LogP contribution is 2.35. The molecule has 0 aliphatic heterocycles. The second-order valence-electron chi connectivity index (χ2n) is 8.26. The summed E-state index contributed by atoms with van der Waals surface area (Å²) in [6.07, 6.45) is 0. The second-order valence-corrected chi connectivity index (χ2v) is 8.26. The third-order valence-corrected chi connectivity index (χ3v) is 5.70. The first-order valence-electron chi connectivity index (χ1n) is 11.4. The van der Waals surface area contributed by atoms with Gasteiger partial charge in [0, 0.05) is 12.1 Å². The summed E-state index contributed by atoms with van der Waals surface area (Å²) < 4.78 is 9.93. The molecule has 0 aromatic heterocycles. The van der Waals surface area contributed by atoms with Gasteiger partial charge < -0.3 is 9.47 Å². The van der Waals surface area contributed by atoms with E-state index < -0.39 is 54.4 Å². The van der Waals surface area contributed by atoms with Crippen molar-refractivity contribution in [3.8, 4) is 33.8 Å². The Labute approximate surface area is 232 Å². The van der Waals surface area contributed by atoms with E-state index in [0.717, 1.165) is 24.3 Å². The number of nitrogens with zero attached hydrogens (tertiary/aromatic N) is 4. The second kappa shape index (κ2) is 11.7. The molecule has 42 heavy (non-hydrogen) atoms. The zero-order valence-electron chi connectivity index (χ0n) is 20.8. The van der Waals surface area contributed by atoms with Crippen LogP contribution in [0, 0.1) is 40.5 Å². The van der Waals surface area contributed by atoms with E-state index in [2.05, 4.69) is 0 Å².